The van der Waals surface area contributed by atoms with Crippen LogP contribution in [-0.2, 0) is 4.57 Å². The number of aliphatic hydroxyl groups excluding tert-OH is 3. The molecule has 1 rings (SSSR count). The van der Waals surface area contributed by atoms with E-state index in [9.17, 15) is 19.9 Å². The summed E-state index contributed by atoms with van der Waals surface area (Å²) in [4.78, 5) is 8.75. The Labute approximate surface area is 152 Å². The molecule has 1 saturated carbocycles. The highest BCUT2D eigenvalue weighted by Gasteiger charge is 2.39. The second-order valence-corrected chi connectivity index (χ2v) is 8.14. The lowest BCUT2D eigenvalue weighted by molar-refractivity contribution is 0.120. The first-order valence-corrected chi connectivity index (χ1v) is 10.9. The molecule has 0 aromatic heterocycles. The van der Waals surface area contributed by atoms with Gasteiger partial charge in [-0.3, -0.25) is 0 Å². The molecule has 0 radical (unpaired) electrons. The van der Waals surface area contributed by atoms with Crippen LogP contribution in [0.3, 0.4) is 0 Å². The van der Waals surface area contributed by atoms with Crippen LogP contribution in [-0.4, -0.2) is 44.7 Å². The molecule has 6 heteroatoms. The zero-order valence-electron chi connectivity index (χ0n) is 15.2. The third-order valence-corrected chi connectivity index (χ3v) is 5.57. The topological polar surface area (TPSA) is 98.0 Å². The van der Waals surface area contributed by atoms with Crippen LogP contribution in [0.2, 0.25) is 0 Å². The average Bonchev–Trinajstić information content (AvgIpc) is 2.82. The molecular weight excluding hydrogens is 339 g/mol. The summed E-state index contributed by atoms with van der Waals surface area (Å²) in [5.74, 6) is -0.202. The van der Waals surface area contributed by atoms with Crippen molar-refractivity contribution in [3.05, 3.63) is 24.3 Å². The van der Waals surface area contributed by atoms with Crippen molar-refractivity contribution in [3.8, 4) is 0 Å². The molecule has 4 N–H and O–H groups in total. The molecule has 25 heavy (non-hydrogen) atoms. The predicted molar refractivity (Wildman–Crippen MR) is 101 cm³/mol. The predicted octanol–water partition coefficient (Wildman–Crippen LogP) is 3.30. The van der Waals surface area contributed by atoms with E-state index < -0.39 is 26.3 Å². The van der Waals surface area contributed by atoms with Crippen molar-refractivity contribution in [1.82, 2.24) is 0 Å². The van der Waals surface area contributed by atoms with Crippen molar-refractivity contribution in [2.45, 2.75) is 76.6 Å². The molecule has 0 aromatic rings. The fourth-order valence-electron chi connectivity index (χ4n) is 3.38. The van der Waals surface area contributed by atoms with Crippen molar-refractivity contribution in [2.24, 2.45) is 11.8 Å². The zero-order chi connectivity index (χ0) is 18.7. The molecule has 0 bridgehead atoms. The summed E-state index contributed by atoms with van der Waals surface area (Å²) in [7, 11) is -2.06. The Bertz CT molecular complexity index is 438. The molecule has 1 aliphatic carbocycles. The number of rotatable bonds is 12. The Morgan fingerprint density at radius 3 is 2.60 bits per heavy atom. The molecule has 144 valence electrons. The highest BCUT2D eigenvalue weighted by Crippen LogP contribution is 2.36. The van der Waals surface area contributed by atoms with Gasteiger partial charge in [0.15, 0.2) is 6.16 Å². The van der Waals surface area contributed by atoms with E-state index in [0.29, 0.717) is 25.4 Å². The van der Waals surface area contributed by atoms with E-state index >= 15 is 0 Å². The minimum Gasteiger partial charge on any atom is -0.393 e. The molecule has 2 unspecified atom stereocenters. The third-order valence-electron chi connectivity index (χ3n) is 4.87. The molecule has 1 aliphatic rings. The quantitative estimate of drug-likeness (QED) is 0.239. The van der Waals surface area contributed by atoms with Crippen molar-refractivity contribution in [2.75, 3.05) is 6.16 Å². The van der Waals surface area contributed by atoms with Crippen molar-refractivity contribution in [3.63, 3.8) is 0 Å². The first-order valence-electron chi connectivity index (χ1n) is 9.46. The summed E-state index contributed by atoms with van der Waals surface area (Å²) in [5.41, 5.74) is 0. The number of hydrogen-bond acceptors (Lipinski definition) is 4. The van der Waals surface area contributed by atoms with Gasteiger partial charge in [-0.2, -0.15) is 4.89 Å². The van der Waals surface area contributed by atoms with Gasteiger partial charge < -0.3 is 15.3 Å². The van der Waals surface area contributed by atoms with E-state index in [1.54, 1.807) is 6.08 Å². The normalized spacial score (nSPS) is 28.9. The maximum Gasteiger partial charge on any atom is 0.505 e. The molecule has 0 heterocycles. The fraction of sp³-hybridized carbons (Fsp3) is 0.789. The highest BCUT2D eigenvalue weighted by atomic mass is 31.1. The fourth-order valence-corrected chi connectivity index (χ4v) is 3.83. The number of aliphatic hydroxyl groups is 3. The highest BCUT2D eigenvalue weighted by molar-refractivity contribution is 7.37. The molecule has 1 fully saturated rings. The van der Waals surface area contributed by atoms with E-state index in [0.717, 1.165) is 32.1 Å². The molecule has 0 spiro atoms. The van der Waals surface area contributed by atoms with E-state index in [1.165, 1.54) is 0 Å². The van der Waals surface area contributed by atoms with Gasteiger partial charge in [-0.05, 0) is 36.2 Å². The first-order chi connectivity index (χ1) is 12.0. The van der Waals surface area contributed by atoms with Gasteiger partial charge in [-0.1, -0.05) is 50.5 Å². The molecule has 5 nitrogen and oxygen atoms in total. The third kappa shape index (κ3) is 9.07. The number of allylic oxidation sites excluding steroid dienone is 2. The summed E-state index contributed by atoms with van der Waals surface area (Å²) in [6, 6.07) is 0. The van der Waals surface area contributed by atoms with Gasteiger partial charge in [0.25, 0.3) is 0 Å². The van der Waals surface area contributed by atoms with Crippen LogP contribution < -0.4 is 0 Å². The lowest BCUT2D eigenvalue weighted by Gasteiger charge is -2.19. The van der Waals surface area contributed by atoms with Gasteiger partial charge in [0, 0.05) is 12.3 Å². The van der Waals surface area contributed by atoms with Crippen LogP contribution >= 0.6 is 8.03 Å². The van der Waals surface area contributed by atoms with Crippen molar-refractivity contribution >= 4 is 8.03 Å². The van der Waals surface area contributed by atoms with E-state index in [-0.39, 0.29) is 11.8 Å². The summed E-state index contributed by atoms with van der Waals surface area (Å²) in [5, 5.41) is 30.4. The Morgan fingerprint density at radius 1 is 1.16 bits per heavy atom. The maximum atomic E-state index is 10.6. The second kappa shape index (κ2) is 12.7. The lowest BCUT2D eigenvalue weighted by Crippen LogP contribution is -2.20. The molecular formula is C19H34O5P+. The Kier molecular flexibility index (Phi) is 11.4. The minimum atomic E-state index is -2.06. The Morgan fingerprint density at radius 2 is 1.92 bits per heavy atom. The number of unbranched alkanes of at least 4 members (excludes halogenated alkanes) is 3. The van der Waals surface area contributed by atoms with Gasteiger partial charge in [-0.25, -0.2) is 0 Å². The molecule has 0 amide bonds. The van der Waals surface area contributed by atoms with Gasteiger partial charge in [0.1, 0.15) is 0 Å². The van der Waals surface area contributed by atoms with Crippen LogP contribution in [0, 0.1) is 11.8 Å². The van der Waals surface area contributed by atoms with Crippen LogP contribution in [0.15, 0.2) is 24.3 Å². The summed E-state index contributed by atoms with van der Waals surface area (Å²) >= 11 is 0. The van der Waals surface area contributed by atoms with E-state index in [4.69, 9.17) is 4.89 Å². The van der Waals surface area contributed by atoms with Crippen LogP contribution in [0.5, 0.6) is 0 Å². The summed E-state index contributed by atoms with van der Waals surface area (Å²) < 4.78 is 10.6. The Hall–Kier alpha value is -0.580. The SMILES string of the molecule is CCCCCC(O)/C=C/[C@@H]1[C@@H](C/C=C\CCC[P+](=O)O)[C@@H](O)C[C@H]1O. The molecule has 0 aliphatic heterocycles. The molecule has 0 aromatic carbocycles. The number of hydrogen-bond donors (Lipinski definition) is 4. The van der Waals surface area contributed by atoms with Crippen LogP contribution in [0.4, 0.5) is 0 Å². The molecule has 6 atom stereocenters. The summed E-state index contributed by atoms with van der Waals surface area (Å²) in [6.45, 7) is 2.13. The van der Waals surface area contributed by atoms with Gasteiger partial charge in [0.05, 0.1) is 18.3 Å². The zero-order valence-corrected chi connectivity index (χ0v) is 16.1. The lowest BCUT2D eigenvalue weighted by atomic mass is 9.89. The van der Waals surface area contributed by atoms with E-state index in [2.05, 4.69) is 6.92 Å². The maximum absolute atomic E-state index is 10.6. The largest absolute Gasteiger partial charge is 0.505 e. The smallest absolute Gasteiger partial charge is 0.393 e. The second-order valence-electron chi connectivity index (χ2n) is 6.98. The van der Waals surface area contributed by atoms with Crippen LogP contribution in [0.25, 0.3) is 0 Å². The van der Waals surface area contributed by atoms with Gasteiger partial charge in [-0.15, -0.1) is 0 Å². The Balaban J connectivity index is 2.46. The summed E-state index contributed by atoms with van der Waals surface area (Å²) in [6.07, 6.45) is 12.7. The van der Waals surface area contributed by atoms with Crippen molar-refractivity contribution in [1.29, 1.82) is 0 Å². The average molecular weight is 373 g/mol. The standard InChI is InChI=1S/C19H33O5P/c1-2-3-6-9-15(20)11-12-17-16(18(21)14-19(17)22)10-7-4-5-8-13-25(23)24/h4,7,11-12,15-22H,2-3,5-6,8-10,13-14H2,1H3/p+1/b7-4-,12-11+/t15?,16-,17-,18+,19-/m1/s1. The van der Waals surface area contributed by atoms with Crippen LogP contribution in [0.1, 0.15) is 58.3 Å². The minimum absolute atomic E-state index is 0.0557. The first kappa shape index (κ1) is 22.5. The van der Waals surface area contributed by atoms with Gasteiger partial charge in [0.2, 0.25) is 0 Å². The van der Waals surface area contributed by atoms with Crippen molar-refractivity contribution < 1.29 is 24.8 Å². The monoisotopic (exact) mass is 373 g/mol. The van der Waals surface area contributed by atoms with Gasteiger partial charge >= 0.3 is 8.03 Å². The van der Waals surface area contributed by atoms with E-state index in [1.807, 2.05) is 18.2 Å². The molecule has 0 saturated heterocycles.